The quantitative estimate of drug-likeness (QED) is 0.679. The van der Waals surface area contributed by atoms with E-state index in [1.165, 1.54) is 23.2 Å². The lowest BCUT2D eigenvalue weighted by atomic mass is 9.89. The van der Waals surface area contributed by atoms with Gasteiger partial charge < -0.3 is 14.2 Å². The zero-order valence-electron chi connectivity index (χ0n) is 16.5. The molecule has 6 heteroatoms. The highest BCUT2D eigenvalue weighted by Crippen LogP contribution is 2.35. The highest BCUT2D eigenvalue weighted by atomic mass is 19.1. The van der Waals surface area contributed by atoms with Crippen molar-refractivity contribution < 1.29 is 9.13 Å². The van der Waals surface area contributed by atoms with Gasteiger partial charge in [0, 0.05) is 25.5 Å². The Morgan fingerprint density at radius 3 is 2.45 bits per heavy atom. The van der Waals surface area contributed by atoms with Crippen LogP contribution in [0.2, 0.25) is 0 Å². The number of rotatable bonds is 3. The molecular weight excluding hydrogens is 369 g/mol. The molecule has 1 aliphatic heterocycles. The molecular formula is C23H22FN3O2. The lowest BCUT2D eigenvalue weighted by Crippen LogP contribution is -2.36. The molecule has 0 radical (unpaired) electrons. The van der Waals surface area contributed by atoms with Crippen molar-refractivity contribution in [2.24, 2.45) is 7.05 Å². The molecule has 148 valence electrons. The molecule has 2 aromatic carbocycles. The molecule has 0 bridgehead atoms. The van der Waals surface area contributed by atoms with Crippen LogP contribution in [0.4, 0.5) is 10.1 Å². The van der Waals surface area contributed by atoms with Gasteiger partial charge in [0.2, 0.25) is 0 Å². The Morgan fingerprint density at radius 1 is 1.14 bits per heavy atom. The Bertz CT molecular complexity index is 1150. The average molecular weight is 391 g/mol. The number of methoxy groups -OCH3 is 1. The number of anilines is 1. The number of para-hydroxylation sites is 1. The van der Waals surface area contributed by atoms with Crippen LogP contribution in [0.1, 0.15) is 29.9 Å². The van der Waals surface area contributed by atoms with Crippen molar-refractivity contribution >= 4 is 16.6 Å². The summed E-state index contributed by atoms with van der Waals surface area (Å²) < 4.78 is 20.9. The molecule has 5 nitrogen and oxygen atoms in total. The van der Waals surface area contributed by atoms with Crippen LogP contribution in [-0.4, -0.2) is 24.8 Å². The van der Waals surface area contributed by atoms with Crippen LogP contribution in [0.3, 0.4) is 0 Å². The van der Waals surface area contributed by atoms with Crippen molar-refractivity contribution in [1.29, 1.82) is 5.26 Å². The van der Waals surface area contributed by atoms with Crippen molar-refractivity contribution in [3.05, 3.63) is 69.8 Å². The predicted molar refractivity (Wildman–Crippen MR) is 111 cm³/mol. The van der Waals surface area contributed by atoms with Gasteiger partial charge in [0.05, 0.1) is 18.3 Å². The molecule has 0 aliphatic carbocycles. The number of fused-ring (bicyclic) bond motifs is 1. The number of nitrogens with zero attached hydrogens (tertiary/aromatic N) is 3. The van der Waals surface area contributed by atoms with Crippen molar-refractivity contribution in [2.45, 2.75) is 18.8 Å². The van der Waals surface area contributed by atoms with Gasteiger partial charge in [0.1, 0.15) is 23.2 Å². The van der Waals surface area contributed by atoms with E-state index in [-0.39, 0.29) is 11.1 Å². The van der Waals surface area contributed by atoms with Gasteiger partial charge in [-0.15, -0.1) is 0 Å². The molecule has 0 amide bonds. The first-order valence-corrected chi connectivity index (χ1v) is 9.65. The zero-order valence-corrected chi connectivity index (χ0v) is 16.5. The van der Waals surface area contributed by atoms with E-state index in [0.29, 0.717) is 30.1 Å². The van der Waals surface area contributed by atoms with E-state index < -0.39 is 11.4 Å². The summed E-state index contributed by atoms with van der Waals surface area (Å²) in [6.07, 6.45) is 1.78. The third-order valence-corrected chi connectivity index (χ3v) is 5.84. The molecule has 4 rings (SSSR count). The van der Waals surface area contributed by atoms with E-state index in [2.05, 4.69) is 23.1 Å². The van der Waals surface area contributed by atoms with E-state index in [4.69, 9.17) is 4.74 Å². The molecule has 0 unspecified atom stereocenters. The van der Waals surface area contributed by atoms with E-state index in [0.717, 1.165) is 18.6 Å². The molecule has 1 saturated heterocycles. The Morgan fingerprint density at radius 2 is 1.83 bits per heavy atom. The summed E-state index contributed by atoms with van der Waals surface area (Å²) in [7, 11) is 3.16. The number of aryl methyl sites for hydroxylation is 1. The molecule has 1 fully saturated rings. The fraction of sp³-hybridized carbons (Fsp3) is 0.304. The Balaban J connectivity index is 1.69. The van der Waals surface area contributed by atoms with Gasteiger partial charge in [-0.2, -0.15) is 5.26 Å². The normalized spacial score (nSPS) is 14.8. The summed E-state index contributed by atoms with van der Waals surface area (Å²) in [5.41, 5.74) is 1.67. The molecule has 0 atom stereocenters. The van der Waals surface area contributed by atoms with Gasteiger partial charge in [-0.05, 0) is 42.5 Å². The molecule has 2 heterocycles. The number of pyridine rings is 1. The van der Waals surface area contributed by atoms with E-state index in [1.54, 1.807) is 19.2 Å². The van der Waals surface area contributed by atoms with Gasteiger partial charge in [0.25, 0.3) is 5.56 Å². The number of hydrogen-bond donors (Lipinski definition) is 0. The summed E-state index contributed by atoms with van der Waals surface area (Å²) in [6, 6.07) is 14.9. The van der Waals surface area contributed by atoms with Crippen LogP contribution in [-0.2, 0) is 7.05 Å². The van der Waals surface area contributed by atoms with Gasteiger partial charge in [-0.1, -0.05) is 24.3 Å². The van der Waals surface area contributed by atoms with Gasteiger partial charge >= 0.3 is 0 Å². The predicted octanol–water partition coefficient (Wildman–Crippen LogP) is 3.94. The van der Waals surface area contributed by atoms with Crippen LogP contribution < -0.4 is 15.2 Å². The summed E-state index contributed by atoms with van der Waals surface area (Å²) >= 11 is 0. The molecule has 3 aromatic rings. The number of piperidine rings is 1. The third kappa shape index (κ3) is 3.23. The standard InChI is InChI=1S/C23H22FN3O2/c1-26-22-18(4-3-5-20(22)24)21(19(14-25)23(26)28)27-12-10-16(11-13-27)15-6-8-17(29-2)9-7-15/h3-9,16H,10-13H2,1-2H3. The molecule has 1 aromatic heterocycles. The van der Waals surface area contributed by atoms with Crippen molar-refractivity contribution in [1.82, 2.24) is 4.57 Å². The van der Waals surface area contributed by atoms with Crippen LogP contribution in [0.5, 0.6) is 5.75 Å². The van der Waals surface area contributed by atoms with Crippen LogP contribution in [0.15, 0.2) is 47.3 Å². The van der Waals surface area contributed by atoms with E-state index in [1.807, 2.05) is 12.1 Å². The SMILES string of the molecule is COc1ccc(C2CCN(c3c(C#N)c(=O)n(C)c4c(F)cccc34)CC2)cc1. The first-order chi connectivity index (χ1) is 14.0. The Kier molecular flexibility index (Phi) is 4.98. The van der Waals surface area contributed by atoms with E-state index >= 15 is 0 Å². The largest absolute Gasteiger partial charge is 0.497 e. The van der Waals surface area contributed by atoms with Gasteiger partial charge in [-0.25, -0.2) is 4.39 Å². The highest BCUT2D eigenvalue weighted by molar-refractivity contribution is 5.95. The fourth-order valence-electron chi connectivity index (χ4n) is 4.29. The van der Waals surface area contributed by atoms with Crippen LogP contribution in [0.25, 0.3) is 10.9 Å². The van der Waals surface area contributed by atoms with Crippen LogP contribution in [0, 0.1) is 17.1 Å². The smallest absolute Gasteiger partial charge is 0.270 e. The third-order valence-electron chi connectivity index (χ3n) is 5.84. The monoisotopic (exact) mass is 391 g/mol. The van der Waals surface area contributed by atoms with Crippen molar-refractivity contribution in [3.63, 3.8) is 0 Å². The molecule has 0 N–H and O–H groups in total. The minimum absolute atomic E-state index is 0.0773. The van der Waals surface area contributed by atoms with Gasteiger partial charge in [-0.3, -0.25) is 4.79 Å². The van der Waals surface area contributed by atoms with E-state index in [9.17, 15) is 14.4 Å². The second-order valence-electron chi connectivity index (χ2n) is 7.37. The summed E-state index contributed by atoms with van der Waals surface area (Å²) in [5, 5.41) is 10.3. The lowest BCUT2D eigenvalue weighted by molar-refractivity contribution is 0.414. The number of aromatic nitrogens is 1. The minimum Gasteiger partial charge on any atom is -0.497 e. The number of hydrogen-bond acceptors (Lipinski definition) is 4. The van der Waals surface area contributed by atoms with Gasteiger partial charge in [0.15, 0.2) is 0 Å². The summed E-state index contributed by atoms with van der Waals surface area (Å²) in [6.45, 7) is 1.40. The van der Waals surface area contributed by atoms with Crippen LogP contribution >= 0.6 is 0 Å². The maximum Gasteiger partial charge on any atom is 0.270 e. The summed E-state index contributed by atoms with van der Waals surface area (Å²) in [4.78, 5) is 14.8. The highest BCUT2D eigenvalue weighted by Gasteiger charge is 2.26. The first-order valence-electron chi connectivity index (χ1n) is 9.65. The minimum atomic E-state index is -0.461. The Hall–Kier alpha value is -3.33. The number of ether oxygens (including phenoxy) is 1. The molecule has 0 saturated carbocycles. The number of benzene rings is 2. The van der Waals surface area contributed by atoms with Crippen molar-refractivity contribution in [3.8, 4) is 11.8 Å². The van der Waals surface area contributed by atoms with Crippen molar-refractivity contribution in [2.75, 3.05) is 25.1 Å². The molecule has 0 spiro atoms. The summed E-state index contributed by atoms with van der Waals surface area (Å²) in [5.74, 6) is 0.775. The maximum absolute atomic E-state index is 14.5. The average Bonchev–Trinajstić information content (AvgIpc) is 2.76. The number of nitriles is 1. The number of halogens is 1. The Labute approximate surface area is 168 Å². The maximum atomic E-state index is 14.5. The molecule has 1 aliphatic rings. The first kappa shape index (κ1) is 19.0. The lowest BCUT2D eigenvalue weighted by Gasteiger charge is -2.35. The zero-order chi connectivity index (χ0) is 20.5. The molecule has 29 heavy (non-hydrogen) atoms. The second-order valence-corrected chi connectivity index (χ2v) is 7.37. The topological polar surface area (TPSA) is 58.3 Å². The fourth-order valence-corrected chi connectivity index (χ4v) is 4.29. The second kappa shape index (κ2) is 7.59.